The van der Waals surface area contributed by atoms with Crippen molar-refractivity contribution >= 4 is 17.7 Å². The van der Waals surface area contributed by atoms with Crippen LogP contribution in [-0.2, 0) is 11.8 Å². The molecule has 0 aliphatic heterocycles. The lowest BCUT2D eigenvalue weighted by molar-refractivity contribution is -0.139. The Morgan fingerprint density at radius 1 is 1.56 bits per heavy atom. The van der Waals surface area contributed by atoms with Gasteiger partial charge in [0, 0.05) is 13.2 Å². The lowest BCUT2D eigenvalue weighted by Crippen LogP contribution is -2.42. The van der Waals surface area contributed by atoms with Crippen molar-refractivity contribution in [2.75, 3.05) is 5.32 Å². The minimum Gasteiger partial charge on any atom is -0.480 e. The number of aromatic nitrogens is 2. The standard InChI is InChI=1S/C11H18N4O3/c1-4-5-8(10(16)17)12-11(18)13-9-6-15(3)14-7(9)2/h6,8H,4-5H2,1-3H3,(H,16,17)(H2,12,13,18)/t8-/m0/s1. The van der Waals surface area contributed by atoms with E-state index in [0.717, 1.165) is 0 Å². The van der Waals surface area contributed by atoms with Crippen LogP contribution in [0.1, 0.15) is 25.5 Å². The van der Waals surface area contributed by atoms with Crippen molar-refractivity contribution in [1.82, 2.24) is 15.1 Å². The van der Waals surface area contributed by atoms with E-state index in [1.54, 1.807) is 24.9 Å². The highest BCUT2D eigenvalue weighted by atomic mass is 16.4. The van der Waals surface area contributed by atoms with Gasteiger partial charge in [-0.2, -0.15) is 5.10 Å². The second-order valence-electron chi connectivity index (χ2n) is 4.08. The van der Waals surface area contributed by atoms with Gasteiger partial charge in [0.05, 0.1) is 11.4 Å². The molecule has 0 saturated carbocycles. The summed E-state index contributed by atoms with van der Waals surface area (Å²) in [5, 5.41) is 18.0. The average Bonchev–Trinajstić information content (AvgIpc) is 2.56. The summed E-state index contributed by atoms with van der Waals surface area (Å²) in [6.45, 7) is 3.62. The first-order valence-corrected chi connectivity index (χ1v) is 5.74. The molecule has 1 aromatic heterocycles. The van der Waals surface area contributed by atoms with E-state index < -0.39 is 18.0 Å². The van der Waals surface area contributed by atoms with Crippen molar-refractivity contribution in [3.63, 3.8) is 0 Å². The molecule has 7 nitrogen and oxygen atoms in total. The Morgan fingerprint density at radius 2 is 2.22 bits per heavy atom. The molecule has 0 aliphatic carbocycles. The van der Waals surface area contributed by atoms with E-state index in [0.29, 0.717) is 24.2 Å². The Balaban J connectivity index is 2.60. The fourth-order valence-corrected chi connectivity index (χ4v) is 1.59. The highest BCUT2D eigenvalue weighted by molar-refractivity contribution is 5.92. The third-order valence-electron chi connectivity index (χ3n) is 2.44. The molecule has 0 aliphatic rings. The van der Waals surface area contributed by atoms with E-state index in [1.807, 2.05) is 6.92 Å². The van der Waals surface area contributed by atoms with Gasteiger partial charge in [0.25, 0.3) is 0 Å². The summed E-state index contributed by atoms with van der Waals surface area (Å²) in [5.74, 6) is -1.03. The van der Waals surface area contributed by atoms with Gasteiger partial charge < -0.3 is 15.7 Å². The number of carbonyl (C=O) groups is 2. The topological polar surface area (TPSA) is 96.3 Å². The van der Waals surface area contributed by atoms with E-state index in [9.17, 15) is 9.59 Å². The number of nitrogens with zero attached hydrogens (tertiary/aromatic N) is 2. The second kappa shape index (κ2) is 6.04. The molecule has 0 radical (unpaired) electrons. The summed E-state index contributed by atoms with van der Waals surface area (Å²) in [5.41, 5.74) is 1.24. The third kappa shape index (κ3) is 3.76. The van der Waals surface area contributed by atoms with Crippen LogP contribution in [0, 0.1) is 6.92 Å². The molecule has 1 heterocycles. The van der Waals surface area contributed by atoms with Crippen molar-refractivity contribution in [2.45, 2.75) is 32.7 Å². The van der Waals surface area contributed by atoms with Crippen molar-refractivity contribution in [3.8, 4) is 0 Å². The predicted octanol–water partition coefficient (Wildman–Crippen LogP) is 1.10. The molecule has 0 spiro atoms. The van der Waals surface area contributed by atoms with Gasteiger partial charge in [0.2, 0.25) is 0 Å². The van der Waals surface area contributed by atoms with Gasteiger partial charge in [0.15, 0.2) is 0 Å². The number of aliphatic carboxylic acids is 1. The van der Waals surface area contributed by atoms with E-state index in [4.69, 9.17) is 5.11 Å². The number of aryl methyl sites for hydroxylation is 2. The first-order valence-electron chi connectivity index (χ1n) is 5.74. The van der Waals surface area contributed by atoms with Crippen LogP contribution in [0.25, 0.3) is 0 Å². The van der Waals surface area contributed by atoms with Crippen molar-refractivity contribution in [3.05, 3.63) is 11.9 Å². The molecule has 1 aromatic rings. The monoisotopic (exact) mass is 254 g/mol. The van der Waals surface area contributed by atoms with Crippen LogP contribution in [-0.4, -0.2) is 32.9 Å². The van der Waals surface area contributed by atoms with Crippen LogP contribution in [0.15, 0.2) is 6.20 Å². The Hall–Kier alpha value is -2.05. The maximum absolute atomic E-state index is 11.6. The van der Waals surface area contributed by atoms with Crippen molar-refractivity contribution in [2.24, 2.45) is 7.05 Å². The van der Waals surface area contributed by atoms with Gasteiger partial charge in [-0.25, -0.2) is 9.59 Å². The van der Waals surface area contributed by atoms with E-state index >= 15 is 0 Å². The summed E-state index contributed by atoms with van der Waals surface area (Å²) in [6.07, 6.45) is 2.74. The molecule has 0 aromatic carbocycles. The number of hydrogen-bond acceptors (Lipinski definition) is 3. The minimum absolute atomic E-state index is 0.398. The first-order chi connectivity index (χ1) is 8.43. The van der Waals surface area contributed by atoms with Gasteiger partial charge in [-0.1, -0.05) is 13.3 Å². The van der Waals surface area contributed by atoms with Gasteiger partial charge in [-0.05, 0) is 13.3 Å². The van der Waals surface area contributed by atoms with Crippen LogP contribution < -0.4 is 10.6 Å². The quantitative estimate of drug-likeness (QED) is 0.733. The zero-order chi connectivity index (χ0) is 13.7. The fraction of sp³-hybridized carbons (Fsp3) is 0.545. The molecule has 3 N–H and O–H groups in total. The maximum atomic E-state index is 11.6. The molecule has 1 atom stereocenters. The normalized spacial score (nSPS) is 11.9. The molecule has 0 saturated heterocycles. The Bertz CT molecular complexity index is 441. The van der Waals surface area contributed by atoms with Crippen LogP contribution in [0.3, 0.4) is 0 Å². The predicted molar refractivity (Wildman–Crippen MR) is 66.4 cm³/mol. The number of anilines is 1. The largest absolute Gasteiger partial charge is 0.480 e. The first kappa shape index (κ1) is 14.0. The van der Waals surface area contributed by atoms with Crippen LogP contribution in [0.5, 0.6) is 0 Å². The molecular weight excluding hydrogens is 236 g/mol. The number of carboxylic acids is 1. The smallest absolute Gasteiger partial charge is 0.326 e. The third-order valence-corrected chi connectivity index (χ3v) is 2.44. The molecule has 0 fully saturated rings. The number of urea groups is 1. The van der Waals surface area contributed by atoms with Crippen LogP contribution in [0.4, 0.5) is 10.5 Å². The number of hydrogen-bond donors (Lipinski definition) is 3. The zero-order valence-corrected chi connectivity index (χ0v) is 10.7. The minimum atomic E-state index is -1.03. The Labute approximate surface area is 105 Å². The molecule has 2 amide bonds. The Morgan fingerprint density at radius 3 is 2.67 bits per heavy atom. The molecule has 0 bridgehead atoms. The molecule has 100 valence electrons. The van der Waals surface area contributed by atoms with Crippen molar-refractivity contribution in [1.29, 1.82) is 0 Å². The summed E-state index contributed by atoms with van der Waals surface area (Å²) in [4.78, 5) is 22.5. The van der Waals surface area contributed by atoms with E-state index in [-0.39, 0.29) is 0 Å². The maximum Gasteiger partial charge on any atom is 0.326 e. The summed E-state index contributed by atoms with van der Waals surface area (Å²) in [6, 6.07) is -1.40. The van der Waals surface area contributed by atoms with E-state index in [1.165, 1.54) is 0 Å². The van der Waals surface area contributed by atoms with Crippen LogP contribution in [0.2, 0.25) is 0 Å². The lowest BCUT2D eigenvalue weighted by Gasteiger charge is -2.13. The summed E-state index contributed by atoms with van der Waals surface area (Å²) in [7, 11) is 1.74. The Kier molecular flexibility index (Phi) is 4.70. The summed E-state index contributed by atoms with van der Waals surface area (Å²) < 4.78 is 1.58. The molecule has 7 heteroatoms. The highest BCUT2D eigenvalue weighted by Crippen LogP contribution is 2.11. The number of amides is 2. The van der Waals surface area contributed by atoms with Crippen LogP contribution >= 0.6 is 0 Å². The lowest BCUT2D eigenvalue weighted by atomic mass is 10.2. The van der Waals surface area contributed by atoms with Gasteiger partial charge in [0.1, 0.15) is 6.04 Å². The molecule has 0 unspecified atom stereocenters. The van der Waals surface area contributed by atoms with E-state index in [2.05, 4.69) is 15.7 Å². The van der Waals surface area contributed by atoms with Crippen molar-refractivity contribution < 1.29 is 14.7 Å². The average molecular weight is 254 g/mol. The SMILES string of the molecule is CCC[C@H](NC(=O)Nc1cn(C)nc1C)C(=O)O. The number of carboxylic acid groups (broad SMARTS) is 1. The second-order valence-corrected chi connectivity index (χ2v) is 4.08. The zero-order valence-electron chi connectivity index (χ0n) is 10.7. The highest BCUT2D eigenvalue weighted by Gasteiger charge is 2.19. The van der Waals surface area contributed by atoms with Gasteiger partial charge in [-0.3, -0.25) is 4.68 Å². The molecule has 1 rings (SSSR count). The number of nitrogens with one attached hydrogen (secondary N) is 2. The summed E-state index contributed by atoms with van der Waals surface area (Å²) >= 11 is 0. The molecular formula is C11H18N4O3. The van der Waals surface area contributed by atoms with Gasteiger partial charge in [-0.15, -0.1) is 0 Å². The van der Waals surface area contributed by atoms with Gasteiger partial charge >= 0.3 is 12.0 Å². The number of rotatable bonds is 5. The fourth-order valence-electron chi connectivity index (χ4n) is 1.59. The number of carbonyl (C=O) groups excluding carboxylic acids is 1. The molecule has 18 heavy (non-hydrogen) atoms.